The maximum Gasteiger partial charge on any atom is 0.256 e. The number of pyridine rings is 1. The van der Waals surface area contributed by atoms with Crippen molar-refractivity contribution in [3.8, 4) is 5.75 Å². The fourth-order valence-electron chi connectivity index (χ4n) is 2.85. The molecule has 0 bridgehead atoms. The Labute approximate surface area is 136 Å². The number of anilines is 1. The smallest absolute Gasteiger partial charge is 0.256 e. The lowest BCUT2D eigenvalue weighted by Crippen LogP contribution is -2.44. The average molecular weight is 314 g/mol. The van der Waals surface area contributed by atoms with Crippen LogP contribution in [0.15, 0.2) is 30.5 Å². The van der Waals surface area contributed by atoms with Gasteiger partial charge in [0.25, 0.3) is 5.91 Å². The molecule has 1 fully saturated rings. The normalized spacial score (nSPS) is 16.8. The third-order valence-electron chi connectivity index (χ3n) is 4.51. The van der Waals surface area contributed by atoms with E-state index >= 15 is 0 Å². The van der Waals surface area contributed by atoms with Gasteiger partial charge in [-0.25, -0.2) is 0 Å². The predicted octanol–water partition coefficient (Wildman–Crippen LogP) is 3.39. The molecule has 5 heteroatoms. The summed E-state index contributed by atoms with van der Waals surface area (Å²) in [6.45, 7) is 4.36. The summed E-state index contributed by atoms with van der Waals surface area (Å²) in [5.74, 6) is 0.897. The Balaban J connectivity index is 1.94. The van der Waals surface area contributed by atoms with Crippen molar-refractivity contribution in [3.63, 3.8) is 0 Å². The molecule has 1 atom stereocenters. The lowest BCUT2D eigenvalue weighted by Gasteiger charge is -2.27. The average Bonchev–Trinajstić information content (AvgIpc) is 3.41. The molecular formula is C18H22N2O3. The van der Waals surface area contributed by atoms with Crippen LogP contribution in [0.25, 0.3) is 10.9 Å². The van der Waals surface area contributed by atoms with E-state index in [9.17, 15) is 4.79 Å². The molecule has 3 rings (SSSR count). The van der Waals surface area contributed by atoms with Crippen molar-refractivity contribution in [2.45, 2.75) is 32.3 Å². The number of rotatable bonds is 6. The lowest BCUT2D eigenvalue weighted by molar-refractivity contribution is -0.138. The Hall–Kier alpha value is -2.14. The van der Waals surface area contributed by atoms with Crippen LogP contribution in [0.4, 0.5) is 5.69 Å². The number of aromatic nitrogens is 1. The Morgan fingerprint density at radius 3 is 2.83 bits per heavy atom. The molecule has 1 aliphatic rings. The molecule has 0 aliphatic heterocycles. The second kappa shape index (κ2) is 6.16. The highest BCUT2D eigenvalue weighted by atomic mass is 16.5. The third kappa shape index (κ3) is 2.88. The van der Waals surface area contributed by atoms with Gasteiger partial charge in [-0.2, -0.15) is 0 Å². The first-order valence-electron chi connectivity index (χ1n) is 7.97. The summed E-state index contributed by atoms with van der Waals surface area (Å²) in [6.07, 6.45) is 3.78. The zero-order valence-electron chi connectivity index (χ0n) is 13.8. The molecule has 0 saturated heterocycles. The fraction of sp³-hybridized carbons (Fsp3) is 0.444. The van der Waals surface area contributed by atoms with Crippen molar-refractivity contribution < 1.29 is 14.3 Å². The largest absolute Gasteiger partial charge is 0.492 e. The molecule has 1 N–H and O–H groups in total. The van der Waals surface area contributed by atoms with Crippen LogP contribution in [0.2, 0.25) is 0 Å². The summed E-state index contributed by atoms with van der Waals surface area (Å²) in [7, 11) is 1.59. The van der Waals surface area contributed by atoms with Gasteiger partial charge in [-0.05, 0) is 56.9 Å². The molecule has 1 aliphatic carbocycles. The van der Waals surface area contributed by atoms with Crippen molar-refractivity contribution in [1.82, 2.24) is 4.98 Å². The first kappa shape index (κ1) is 15.7. The molecule has 5 nitrogen and oxygen atoms in total. The van der Waals surface area contributed by atoms with Crippen LogP contribution in [0.1, 0.15) is 26.7 Å². The predicted molar refractivity (Wildman–Crippen MR) is 89.7 cm³/mol. The van der Waals surface area contributed by atoms with Crippen LogP contribution < -0.4 is 10.1 Å². The van der Waals surface area contributed by atoms with E-state index in [0.717, 1.165) is 35.2 Å². The molecule has 1 saturated carbocycles. The zero-order valence-corrected chi connectivity index (χ0v) is 13.8. The molecule has 0 spiro atoms. The summed E-state index contributed by atoms with van der Waals surface area (Å²) in [6, 6.07) is 7.48. The summed E-state index contributed by atoms with van der Waals surface area (Å²) in [5, 5.41) is 3.87. The van der Waals surface area contributed by atoms with Gasteiger partial charge in [-0.3, -0.25) is 9.78 Å². The molecule has 122 valence electrons. The van der Waals surface area contributed by atoms with E-state index < -0.39 is 5.60 Å². The number of benzene rings is 1. The highest BCUT2D eigenvalue weighted by molar-refractivity contribution is 6.05. The van der Waals surface area contributed by atoms with Crippen molar-refractivity contribution in [1.29, 1.82) is 0 Å². The van der Waals surface area contributed by atoms with Gasteiger partial charge < -0.3 is 14.8 Å². The van der Waals surface area contributed by atoms with Crippen molar-refractivity contribution in [2.75, 3.05) is 19.0 Å². The zero-order chi connectivity index (χ0) is 16.4. The van der Waals surface area contributed by atoms with E-state index in [1.54, 1.807) is 13.3 Å². The summed E-state index contributed by atoms with van der Waals surface area (Å²) >= 11 is 0. The van der Waals surface area contributed by atoms with Crippen molar-refractivity contribution >= 4 is 22.5 Å². The van der Waals surface area contributed by atoms with Gasteiger partial charge in [0, 0.05) is 18.7 Å². The van der Waals surface area contributed by atoms with E-state index in [1.807, 2.05) is 38.1 Å². The SMILES string of the molecule is CCOc1ccc(NC(=O)[C@@](C)(OC)C2CC2)c2cccnc12. The molecule has 23 heavy (non-hydrogen) atoms. The number of nitrogens with one attached hydrogen (secondary N) is 1. The van der Waals surface area contributed by atoms with E-state index in [2.05, 4.69) is 10.3 Å². The van der Waals surface area contributed by atoms with E-state index in [4.69, 9.17) is 9.47 Å². The quantitative estimate of drug-likeness (QED) is 0.888. The summed E-state index contributed by atoms with van der Waals surface area (Å²) in [4.78, 5) is 17.1. The number of ether oxygens (including phenoxy) is 2. The maximum absolute atomic E-state index is 12.7. The molecule has 0 unspecified atom stereocenters. The van der Waals surface area contributed by atoms with Gasteiger partial charge in [0.1, 0.15) is 16.9 Å². The third-order valence-corrected chi connectivity index (χ3v) is 4.51. The summed E-state index contributed by atoms with van der Waals surface area (Å²) in [5.41, 5.74) is 0.691. The summed E-state index contributed by atoms with van der Waals surface area (Å²) < 4.78 is 11.1. The highest BCUT2D eigenvalue weighted by Gasteiger charge is 2.47. The van der Waals surface area contributed by atoms with Crippen molar-refractivity contribution in [2.24, 2.45) is 5.92 Å². The van der Waals surface area contributed by atoms with Crippen LogP contribution in [-0.4, -0.2) is 30.2 Å². The van der Waals surface area contributed by atoms with Crippen LogP contribution >= 0.6 is 0 Å². The molecular weight excluding hydrogens is 292 g/mol. The Bertz CT molecular complexity index is 727. The van der Waals surface area contributed by atoms with Crippen LogP contribution in [-0.2, 0) is 9.53 Å². The monoisotopic (exact) mass is 314 g/mol. The molecule has 1 aromatic carbocycles. The highest BCUT2D eigenvalue weighted by Crippen LogP contribution is 2.42. The van der Waals surface area contributed by atoms with Crippen molar-refractivity contribution in [3.05, 3.63) is 30.5 Å². The number of carbonyl (C=O) groups excluding carboxylic acids is 1. The fourth-order valence-corrected chi connectivity index (χ4v) is 2.85. The minimum absolute atomic E-state index is 0.114. The van der Waals surface area contributed by atoms with Gasteiger partial charge in [-0.1, -0.05) is 0 Å². The standard InChI is InChI=1S/C18H22N2O3/c1-4-23-15-10-9-14(13-6-5-11-19-16(13)15)20-17(21)18(2,22-3)12-7-8-12/h5-6,9-12H,4,7-8H2,1-3H3,(H,20,21)/t18-/m0/s1. The molecule has 2 aromatic rings. The first-order chi connectivity index (χ1) is 11.1. The van der Waals surface area contributed by atoms with Gasteiger partial charge in [-0.15, -0.1) is 0 Å². The molecule has 1 heterocycles. The number of carbonyl (C=O) groups is 1. The number of hydrogen-bond acceptors (Lipinski definition) is 4. The number of methoxy groups -OCH3 is 1. The molecule has 1 amide bonds. The number of hydrogen-bond donors (Lipinski definition) is 1. The number of fused-ring (bicyclic) bond motifs is 1. The van der Waals surface area contributed by atoms with E-state index in [0.29, 0.717) is 12.5 Å². The van der Waals surface area contributed by atoms with Gasteiger partial charge in [0.15, 0.2) is 0 Å². The van der Waals surface area contributed by atoms with E-state index in [1.165, 1.54) is 0 Å². The number of nitrogens with zero attached hydrogens (tertiary/aromatic N) is 1. The Morgan fingerprint density at radius 1 is 1.39 bits per heavy atom. The molecule has 1 aromatic heterocycles. The molecule has 0 radical (unpaired) electrons. The first-order valence-corrected chi connectivity index (χ1v) is 7.97. The Morgan fingerprint density at radius 2 is 2.17 bits per heavy atom. The second-order valence-electron chi connectivity index (χ2n) is 5.98. The van der Waals surface area contributed by atoms with Gasteiger partial charge >= 0.3 is 0 Å². The lowest BCUT2D eigenvalue weighted by atomic mass is 9.98. The van der Waals surface area contributed by atoms with Crippen LogP contribution in [0.5, 0.6) is 5.75 Å². The van der Waals surface area contributed by atoms with Crippen LogP contribution in [0.3, 0.4) is 0 Å². The Kier molecular flexibility index (Phi) is 4.22. The maximum atomic E-state index is 12.7. The second-order valence-corrected chi connectivity index (χ2v) is 5.98. The van der Waals surface area contributed by atoms with Gasteiger partial charge in [0.05, 0.1) is 12.3 Å². The van der Waals surface area contributed by atoms with E-state index in [-0.39, 0.29) is 5.91 Å². The minimum Gasteiger partial charge on any atom is -0.492 e. The van der Waals surface area contributed by atoms with Gasteiger partial charge in [0.2, 0.25) is 0 Å². The van der Waals surface area contributed by atoms with Crippen LogP contribution in [0, 0.1) is 5.92 Å². The minimum atomic E-state index is -0.785. The number of amides is 1. The topological polar surface area (TPSA) is 60.5 Å².